The first-order valence-electron chi connectivity index (χ1n) is 6.20. The molecular formula is C14H14ClFN2O2S. The monoisotopic (exact) mass is 328 g/mol. The molecule has 0 aromatic heterocycles. The fourth-order valence-corrected chi connectivity index (χ4v) is 3.43. The fraction of sp³-hybridized carbons (Fsp3) is 0.143. The zero-order valence-electron chi connectivity index (χ0n) is 11.2. The van der Waals surface area contributed by atoms with E-state index in [1.807, 2.05) is 6.92 Å². The van der Waals surface area contributed by atoms with Gasteiger partial charge in [-0.2, -0.15) is 0 Å². The van der Waals surface area contributed by atoms with Crippen LogP contribution in [0.5, 0.6) is 0 Å². The molecule has 4 nitrogen and oxygen atoms in total. The highest BCUT2D eigenvalue weighted by Gasteiger charge is 2.22. The highest BCUT2D eigenvalue weighted by atomic mass is 35.5. The highest BCUT2D eigenvalue weighted by Crippen LogP contribution is 2.27. The fourth-order valence-electron chi connectivity index (χ4n) is 1.91. The number of halogens is 2. The Morgan fingerprint density at radius 3 is 2.62 bits per heavy atom. The summed E-state index contributed by atoms with van der Waals surface area (Å²) in [5, 5.41) is 0.0538. The van der Waals surface area contributed by atoms with Crippen LogP contribution in [0.1, 0.15) is 12.5 Å². The van der Waals surface area contributed by atoms with E-state index in [0.717, 1.165) is 17.7 Å². The molecule has 112 valence electrons. The third kappa shape index (κ3) is 3.28. The number of nitrogens with one attached hydrogen (secondary N) is 1. The molecule has 0 atom stereocenters. The average molecular weight is 329 g/mol. The lowest BCUT2D eigenvalue weighted by Gasteiger charge is -2.13. The standard InChI is InChI=1S/C14H14ClFN2O2S/c1-2-9-5-3-4-6-12(9)18-21(19,20)13-8-10(15)7-11(17)14(13)16/h3-8,18H,2,17H2,1H3. The smallest absolute Gasteiger partial charge is 0.264 e. The summed E-state index contributed by atoms with van der Waals surface area (Å²) in [5.41, 5.74) is 6.31. The lowest BCUT2D eigenvalue weighted by Crippen LogP contribution is -2.16. The van der Waals surface area contributed by atoms with Crippen LogP contribution in [0.2, 0.25) is 5.02 Å². The maximum absolute atomic E-state index is 14.0. The Kier molecular flexibility index (Phi) is 4.39. The average Bonchev–Trinajstić information content (AvgIpc) is 2.43. The topological polar surface area (TPSA) is 72.2 Å². The third-order valence-electron chi connectivity index (χ3n) is 2.96. The number of benzene rings is 2. The SMILES string of the molecule is CCc1ccccc1NS(=O)(=O)c1cc(Cl)cc(N)c1F. The summed E-state index contributed by atoms with van der Waals surface area (Å²) in [4.78, 5) is -0.571. The molecule has 2 aromatic rings. The van der Waals surface area contributed by atoms with E-state index in [9.17, 15) is 12.8 Å². The molecule has 0 aliphatic rings. The molecule has 3 N–H and O–H groups in total. The Morgan fingerprint density at radius 1 is 1.29 bits per heavy atom. The number of aryl methyl sites for hydroxylation is 1. The van der Waals surface area contributed by atoms with Crippen molar-refractivity contribution in [1.82, 2.24) is 0 Å². The van der Waals surface area contributed by atoms with Crippen molar-refractivity contribution in [3.63, 3.8) is 0 Å². The van der Waals surface area contributed by atoms with Crippen molar-refractivity contribution in [2.45, 2.75) is 18.2 Å². The normalized spacial score (nSPS) is 11.4. The van der Waals surface area contributed by atoms with Gasteiger partial charge in [-0.25, -0.2) is 12.8 Å². The number of hydrogen-bond acceptors (Lipinski definition) is 3. The van der Waals surface area contributed by atoms with Crippen LogP contribution in [0.25, 0.3) is 0 Å². The molecule has 0 saturated carbocycles. The molecule has 2 aromatic carbocycles. The summed E-state index contributed by atoms with van der Waals surface area (Å²) in [6.45, 7) is 1.89. The number of nitrogen functional groups attached to an aromatic ring is 1. The Bertz CT molecular complexity index is 779. The van der Waals surface area contributed by atoms with Gasteiger partial charge in [-0.15, -0.1) is 0 Å². The molecule has 21 heavy (non-hydrogen) atoms. The Labute approximate surface area is 127 Å². The van der Waals surface area contributed by atoms with Gasteiger partial charge in [-0.1, -0.05) is 36.7 Å². The zero-order valence-corrected chi connectivity index (χ0v) is 12.8. The van der Waals surface area contributed by atoms with Crippen LogP contribution in [0.15, 0.2) is 41.3 Å². The molecule has 2 rings (SSSR count). The van der Waals surface area contributed by atoms with Crippen molar-refractivity contribution in [1.29, 1.82) is 0 Å². The van der Waals surface area contributed by atoms with Gasteiger partial charge in [0, 0.05) is 5.02 Å². The Morgan fingerprint density at radius 2 is 1.95 bits per heavy atom. The van der Waals surface area contributed by atoms with Crippen LogP contribution in [0.3, 0.4) is 0 Å². The largest absolute Gasteiger partial charge is 0.396 e. The second-order valence-electron chi connectivity index (χ2n) is 4.42. The quantitative estimate of drug-likeness (QED) is 0.845. The van der Waals surface area contributed by atoms with Gasteiger partial charge in [0.05, 0.1) is 11.4 Å². The van der Waals surface area contributed by atoms with Gasteiger partial charge in [0.25, 0.3) is 10.0 Å². The molecule has 0 fully saturated rings. The predicted molar refractivity (Wildman–Crippen MR) is 82.5 cm³/mol. The second-order valence-corrected chi connectivity index (χ2v) is 6.51. The first-order chi connectivity index (χ1) is 9.85. The molecule has 0 heterocycles. The van der Waals surface area contributed by atoms with Gasteiger partial charge in [-0.3, -0.25) is 4.72 Å². The number of anilines is 2. The summed E-state index contributed by atoms with van der Waals surface area (Å²) in [6.07, 6.45) is 0.638. The van der Waals surface area contributed by atoms with Crippen molar-refractivity contribution >= 4 is 33.0 Å². The molecule has 0 radical (unpaired) electrons. The minimum Gasteiger partial charge on any atom is -0.396 e. The molecule has 0 aliphatic carbocycles. The van der Waals surface area contributed by atoms with Gasteiger partial charge in [0.2, 0.25) is 0 Å². The van der Waals surface area contributed by atoms with Crippen LogP contribution in [0, 0.1) is 5.82 Å². The summed E-state index contributed by atoms with van der Waals surface area (Å²) < 4.78 is 41.0. The van der Waals surface area contributed by atoms with E-state index in [0.29, 0.717) is 12.1 Å². The van der Waals surface area contributed by atoms with Crippen molar-refractivity contribution in [3.05, 3.63) is 52.8 Å². The molecule has 0 saturated heterocycles. The van der Waals surface area contributed by atoms with Crippen LogP contribution < -0.4 is 10.5 Å². The van der Waals surface area contributed by atoms with Crippen molar-refractivity contribution in [2.24, 2.45) is 0 Å². The minimum absolute atomic E-state index is 0.0538. The van der Waals surface area contributed by atoms with Crippen LogP contribution in [-0.4, -0.2) is 8.42 Å². The highest BCUT2D eigenvalue weighted by molar-refractivity contribution is 7.92. The number of hydrogen-bond donors (Lipinski definition) is 2. The first-order valence-corrected chi connectivity index (χ1v) is 8.06. The number of para-hydroxylation sites is 1. The van der Waals surface area contributed by atoms with Crippen LogP contribution in [0.4, 0.5) is 15.8 Å². The zero-order chi connectivity index (χ0) is 15.6. The number of rotatable bonds is 4. The van der Waals surface area contributed by atoms with E-state index in [4.69, 9.17) is 17.3 Å². The summed E-state index contributed by atoms with van der Waals surface area (Å²) in [6, 6.07) is 9.09. The third-order valence-corrected chi connectivity index (χ3v) is 4.55. The molecule has 0 spiro atoms. The molecular weight excluding hydrogens is 315 g/mol. The van der Waals surface area contributed by atoms with Crippen molar-refractivity contribution < 1.29 is 12.8 Å². The van der Waals surface area contributed by atoms with Crippen LogP contribution in [-0.2, 0) is 16.4 Å². The number of nitrogens with two attached hydrogens (primary N) is 1. The predicted octanol–water partition coefficient (Wildman–Crippen LogP) is 3.42. The lowest BCUT2D eigenvalue weighted by molar-refractivity contribution is 0.573. The Hall–Kier alpha value is -1.79. The maximum atomic E-state index is 14.0. The summed E-state index contributed by atoms with van der Waals surface area (Å²) in [5.74, 6) is -1.01. The summed E-state index contributed by atoms with van der Waals surface area (Å²) in [7, 11) is -4.11. The maximum Gasteiger partial charge on any atom is 0.264 e. The molecule has 7 heteroatoms. The van der Waals surface area contributed by atoms with Crippen molar-refractivity contribution in [3.8, 4) is 0 Å². The Balaban J connectivity index is 2.49. The summed E-state index contributed by atoms with van der Waals surface area (Å²) >= 11 is 5.75. The molecule has 0 unspecified atom stereocenters. The van der Waals surface area contributed by atoms with Gasteiger partial charge in [0.15, 0.2) is 5.82 Å². The van der Waals surface area contributed by atoms with E-state index in [2.05, 4.69) is 4.72 Å². The van der Waals surface area contributed by atoms with Gasteiger partial charge < -0.3 is 5.73 Å². The molecule has 0 aliphatic heterocycles. The van der Waals surface area contributed by atoms with E-state index < -0.39 is 20.7 Å². The molecule has 0 amide bonds. The van der Waals surface area contributed by atoms with E-state index in [1.54, 1.807) is 24.3 Å². The van der Waals surface area contributed by atoms with Gasteiger partial charge in [-0.05, 0) is 30.2 Å². The van der Waals surface area contributed by atoms with E-state index in [1.165, 1.54) is 0 Å². The van der Waals surface area contributed by atoms with E-state index >= 15 is 0 Å². The molecule has 0 bridgehead atoms. The van der Waals surface area contributed by atoms with Gasteiger partial charge >= 0.3 is 0 Å². The first kappa shape index (κ1) is 15.6. The van der Waals surface area contributed by atoms with Gasteiger partial charge in [0.1, 0.15) is 4.90 Å². The second kappa shape index (κ2) is 5.91. The van der Waals surface area contributed by atoms with Crippen molar-refractivity contribution in [2.75, 3.05) is 10.5 Å². The minimum atomic E-state index is -4.11. The lowest BCUT2D eigenvalue weighted by atomic mass is 10.1. The number of sulfonamides is 1. The van der Waals surface area contributed by atoms with Crippen LogP contribution >= 0.6 is 11.6 Å². The van der Waals surface area contributed by atoms with E-state index in [-0.39, 0.29) is 10.7 Å².